The molecule has 9 heteroatoms. The second-order valence-electron chi connectivity index (χ2n) is 7.77. The maximum atomic E-state index is 6.48. The van der Waals surface area contributed by atoms with Gasteiger partial charge in [0.25, 0.3) is 0 Å². The molecule has 2 rings (SSSR count). The molecule has 1 aromatic carbocycles. The van der Waals surface area contributed by atoms with Gasteiger partial charge in [0.1, 0.15) is 6.67 Å². The summed E-state index contributed by atoms with van der Waals surface area (Å²) in [4.78, 5) is 8.48. The highest BCUT2D eigenvalue weighted by Gasteiger charge is 2.18. The van der Waals surface area contributed by atoms with Gasteiger partial charge >= 0.3 is 0 Å². The van der Waals surface area contributed by atoms with Crippen LogP contribution >= 0.6 is 11.6 Å². The molecule has 0 radical (unpaired) electrons. The highest BCUT2D eigenvalue weighted by atomic mass is 35.5. The topological polar surface area (TPSA) is 107 Å². The number of aryl methyl sites for hydroxylation is 1. The molecule has 0 amide bonds. The zero-order valence-electron chi connectivity index (χ0n) is 20.2. The molecule has 1 heterocycles. The Labute approximate surface area is 207 Å². The van der Waals surface area contributed by atoms with E-state index >= 15 is 0 Å². The Hall–Kier alpha value is -3.17. The highest BCUT2D eigenvalue weighted by Crippen LogP contribution is 2.28. The van der Waals surface area contributed by atoms with E-state index in [0.29, 0.717) is 23.1 Å². The van der Waals surface area contributed by atoms with E-state index in [1.54, 1.807) is 11.1 Å². The molecular weight excluding hydrogens is 448 g/mol. The van der Waals surface area contributed by atoms with Gasteiger partial charge in [-0.05, 0) is 50.8 Å². The lowest BCUT2D eigenvalue weighted by Crippen LogP contribution is -2.33. The number of halogens is 1. The number of nitrogens with one attached hydrogen (secondary N) is 2. The Bertz CT molecular complexity index is 1040. The second-order valence-corrected chi connectivity index (χ2v) is 8.18. The lowest BCUT2D eigenvalue weighted by Gasteiger charge is -2.21. The van der Waals surface area contributed by atoms with Gasteiger partial charge in [0.05, 0.1) is 28.8 Å². The van der Waals surface area contributed by atoms with Crippen LogP contribution in [0.1, 0.15) is 19.4 Å². The number of anilines is 3. The van der Waals surface area contributed by atoms with Gasteiger partial charge in [-0.25, -0.2) is 10.0 Å². The smallest absolute Gasteiger partial charge is 0.108 e. The van der Waals surface area contributed by atoms with Gasteiger partial charge in [0.15, 0.2) is 0 Å². The number of nitrogens with zero attached hydrogens (tertiary/aromatic N) is 4. The molecule has 0 bridgehead atoms. The Morgan fingerprint density at radius 1 is 1.26 bits per heavy atom. The van der Waals surface area contributed by atoms with Crippen LogP contribution in [0.25, 0.3) is 0 Å². The largest absolute Gasteiger partial charge is 0.397 e. The van der Waals surface area contributed by atoms with Crippen molar-refractivity contribution in [1.29, 1.82) is 0 Å². The average molecular weight is 483 g/mol. The number of benzene rings is 1. The summed E-state index contributed by atoms with van der Waals surface area (Å²) >= 11 is 6.48. The molecule has 6 N–H and O–H groups in total. The predicted octanol–water partition coefficient (Wildman–Crippen LogP) is 4.58. The first kappa shape index (κ1) is 27.1. The van der Waals surface area contributed by atoms with Crippen molar-refractivity contribution in [1.82, 2.24) is 10.0 Å². The summed E-state index contributed by atoms with van der Waals surface area (Å²) in [6, 6.07) is 3.89. The Morgan fingerprint density at radius 3 is 2.65 bits per heavy atom. The fourth-order valence-corrected chi connectivity index (χ4v) is 3.59. The fraction of sp³-hybridized carbons (Fsp3) is 0.280. The molecule has 1 aliphatic heterocycles. The van der Waals surface area contributed by atoms with E-state index in [1.807, 2.05) is 62.2 Å². The van der Waals surface area contributed by atoms with Crippen molar-refractivity contribution >= 4 is 41.1 Å². The summed E-state index contributed by atoms with van der Waals surface area (Å²) in [6.07, 6.45) is 11.0. The lowest BCUT2D eigenvalue weighted by atomic mass is 10.0. The zero-order valence-corrected chi connectivity index (χ0v) is 20.9. The monoisotopic (exact) mass is 482 g/mol. The van der Waals surface area contributed by atoms with Gasteiger partial charge in [-0.3, -0.25) is 15.8 Å². The van der Waals surface area contributed by atoms with Crippen molar-refractivity contribution in [2.24, 2.45) is 15.8 Å². The number of hydrogen-bond acceptors (Lipinski definition) is 8. The summed E-state index contributed by atoms with van der Waals surface area (Å²) in [5.41, 5.74) is 15.3. The molecule has 1 aromatic rings. The van der Waals surface area contributed by atoms with Gasteiger partial charge in [-0.1, -0.05) is 48.6 Å². The molecule has 1 aliphatic rings. The third-order valence-corrected chi connectivity index (χ3v) is 5.43. The van der Waals surface area contributed by atoms with E-state index in [-0.39, 0.29) is 6.67 Å². The minimum Gasteiger partial charge on any atom is -0.397 e. The molecule has 1 fully saturated rings. The summed E-state index contributed by atoms with van der Waals surface area (Å²) in [7, 11) is 0. The van der Waals surface area contributed by atoms with Crippen molar-refractivity contribution in [2.45, 2.75) is 20.8 Å². The molecular formula is C25H35ClN8. The maximum absolute atomic E-state index is 6.48. The van der Waals surface area contributed by atoms with Crippen molar-refractivity contribution in [3.05, 3.63) is 77.0 Å². The van der Waals surface area contributed by atoms with Crippen LogP contribution in [-0.2, 0) is 0 Å². The van der Waals surface area contributed by atoms with Crippen LogP contribution < -0.4 is 22.3 Å². The third kappa shape index (κ3) is 7.71. The summed E-state index contributed by atoms with van der Waals surface area (Å²) in [5.74, 6) is 5.83. The minimum absolute atomic E-state index is 0.279. The van der Waals surface area contributed by atoms with Gasteiger partial charge in [-0.15, -0.1) is 0 Å². The van der Waals surface area contributed by atoms with Gasteiger partial charge in [-0.2, -0.15) is 0 Å². The number of aliphatic imine (C=N–C) groups is 2. The summed E-state index contributed by atoms with van der Waals surface area (Å²) in [6.45, 7) is 15.9. The molecule has 34 heavy (non-hydrogen) atoms. The molecule has 8 nitrogen and oxygen atoms in total. The molecule has 182 valence electrons. The van der Waals surface area contributed by atoms with E-state index in [9.17, 15) is 0 Å². The maximum Gasteiger partial charge on any atom is 0.108 e. The van der Waals surface area contributed by atoms with Crippen molar-refractivity contribution in [3.63, 3.8) is 0 Å². The molecule has 0 atom stereocenters. The van der Waals surface area contributed by atoms with E-state index in [2.05, 4.69) is 29.0 Å². The zero-order chi connectivity index (χ0) is 25.1. The molecule has 0 aliphatic carbocycles. The SMILES string of the molecule is C=CC(C(=NCNc1cc(N)c(NN2CCN(N)C2)cc1C)/C(Cl)=C\N=C)=C(C)/C=C\C=C/C. The van der Waals surface area contributed by atoms with Crippen LogP contribution in [0, 0.1) is 6.92 Å². The quantitative estimate of drug-likeness (QED) is 0.159. The van der Waals surface area contributed by atoms with Crippen LogP contribution in [0.3, 0.4) is 0 Å². The van der Waals surface area contributed by atoms with E-state index in [4.69, 9.17) is 28.2 Å². The molecule has 1 saturated heterocycles. The van der Waals surface area contributed by atoms with Gasteiger partial charge in [0, 0.05) is 30.5 Å². The van der Waals surface area contributed by atoms with Crippen LogP contribution in [0.15, 0.2) is 81.5 Å². The Morgan fingerprint density at radius 2 is 2.03 bits per heavy atom. The minimum atomic E-state index is 0.279. The number of allylic oxidation sites excluding steroid dienone is 8. The molecule has 0 saturated carbocycles. The first-order valence-corrected chi connectivity index (χ1v) is 11.3. The first-order chi connectivity index (χ1) is 16.3. The number of nitrogen functional groups attached to an aromatic ring is 1. The van der Waals surface area contributed by atoms with E-state index in [0.717, 1.165) is 41.2 Å². The van der Waals surface area contributed by atoms with Crippen LogP contribution in [-0.4, -0.2) is 48.9 Å². The van der Waals surface area contributed by atoms with Crippen LogP contribution in [0.5, 0.6) is 0 Å². The fourth-order valence-electron chi connectivity index (χ4n) is 3.36. The second kappa shape index (κ2) is 13.5. The van der Waals surface area contributed by atoms with Gasteiger partial charge < -0.3 is 16.5 Å². The standard InChI is InChI=1S/C25H35ClN8/c1-6-8-9-10-18(3)20(7-2)25(21(26)15-29-5)31-16-30-23-14-22(27)24(13-19(23)4)32-34-12-11-33(28)17-34/h6-10,13-15,30,32H,2,5,11-12,16-17,27-28H2,1,3-4H3/b8-6-,10-9-,20-18?,21-15+,31-25?. The van der Waals surface area contributed by atoms with Crippen molar-refractivity contribution < 1.29 is 0 Å². The Kier molecular flexibility index (Phi) is 10.8. The lowest BCUT2D eigenvalue weighted by molar-refractivity contribution is 0.280. The molecule has 0 unspecified atom stereocenters. The number of hydrogen-bond donors (Lipinski definition) is 4. The number of nitrogens with two attached hydrogens (primary N) is 2. The van der Waals surface area contributed by atoms with E-state index in [1.165, 1.54) is 6.20 Å². The summed E-state index contributed by atoms with van der Waals surface area (Å²) < 4.78 is 0. The first-order valence-electron chi connectivity index (χ1n) is 10.9. The van der Waals surface area contributed by atoms with Crippen molar-refractivity contribution in [3.8, 4) is 0 Å². The number of hydrazine groups is 2. The molecule has 0 aromatic heterocycles. The predicted molar refractivity (Wildman–Crippen MR) is 148 cm³/mol. The molecule has 0 spiro atoms. The third-order valence-electron chi connectivity index (χ3n) is 5.16. The number of rotatable bonds is 11. The highest BCUT2D eigenvalue weighted by molar-refractivity contribution is 6.46. The normalized spacial score (nSPS) is 16.9. The Balaban J connectivity index is 2.24. The van der Waals surface area contributed by atoms with Crippen molar-refractivity contribution in [2.75, 3.05) is 42.9 Å². The van der Waals surface area contributed by atoms with Gasteiger partial charge in [0.2, 0.25) is 0 Å². The van der Waals surface area contributed by atoms with Crippen LogP contribution in [0.2, 0.25) is 0 Å². The summed E-state index contributed by atoms with van der Waals surface area (Å²) in [5, 5.41) is 7.46. The average Bonchev–Trinajstić information content (AvgIpc) is 3.21. The van der Waals surface area contributed by atoms with E-state index < -0.39 is 0 Å². The van der Waals surface area contributed by atoms with Crippen LogP contribution in [0.4, 0.5) is 17.1 Å².